The van der Waals surface area contributed by atoms with Crippen LogP contribution in [-0.2, 0) is 32.1 Å². The van der Waals surface area contributed by atoms with Crippen LogP contribution in [0.1, 0.15) is 23.2 Å². The molecule has 2 aromatic carbocycles. The molecule has 4 bridgehead atoms. The quantitative estimate of drug-likeness (QED) is 0.434. The molecule has 5 rings (SSSR count). The van der Waals surface area contributed by atoms with Crippen LogP contribution < -0.4 is 25.0 Å². The van der Waals surface area contributed by atoms with Crippen molar-refractivity contribution in [1.82, 2.24) is 20.2 Å². The minimum absolute atomic E-state index is 0.0824. The molecule has 12 nitrogen and oxygen atoms in total. The van der Waals surface area contributed by atoms with E-state index in [1.165, 1.54) is 0 Å². The highest BCUT2D eigenvalue weighted by Gasteiger charge is 2.36. The second kappa shape index (κ2) is 14.4. The third kappa shape index (κ3) is 7.74. The number of benzene rings is 2. The van der Waals surface area contributed by atoms with Crippen molar-refractivity contribution in [2.24, 2.45) is 0 Å². The summed E-state index contributed by atoms with van der Waals surface area (Å²) in [5.74, 6) is 2.65. The molecule has 2 N–H and O–H groups in total. The largest absolute Gasteiger partial charge is 0.493 e. The highest BCUT2D eigenvalue weighted by Crippen LogP contribution is 2.33. The van der Waals surface area contributed by atoms with E-state index in [-0.39, 0.29) is 36.9 Å². The molecule has 0 aliphatic carbocycles. The summed E-state index contributed by atoms with van der Waals surface area (Å²) in [6, 6.07) is 14.9. The van der Waals surface area contributed by atoms with Crippen molar-refractivity contribution in [3.05, 3.63) is 65.4 Å². The van der Waals surface area contributed by atoms with Crippen molar-refractivity contribution in [1.29, 1.82) is 0 Å². The van der Waals surface area contributed by atoms with Crippen LogP contribution in [0.4, 0.5) is 11.8 Å². The number of ether oxygens (including phenoxy) is 4. The molecule has 2 amide bonds. The molecule has 234 valence electrons. The number of nitrogens with one attached hydrogen (secondary N) is 2. The lowest BCUT2D eigenvalue weighted by Crippen LogP contribution is -2.49. The molecule has 2 aliphatic rings. The van der Waals surface area contributed by atoms with E-state index in [1.807, 2.05) is 55.5 Å². The number of carbonyl (C=O) groups excluding carboxylic acids is 2. The van der Waals surface area contributed by atoms with Gasteiger partial charge in [0.1, 0.15) is 11.6 Å². The molecule has 1 aromatic heterocycles. The SMILES string of the molecule is CNc1nc(C)cc(N2C[C@@H]3NC(=O)CN(CCOC)C(=O)CCc4ccc(OC)c(c4)Oc4cccc(c4)CO[C@H]3C2)n1. The molecule has 2 aliphatic heterocycles. The first-order valence-electron chi connectivity index (χ1n) is 14.7. The predicted molar refractivity (Wildman–Crippen MR) is 165 cm³/mol. The summed E-state index contributed by atoms with van der Waals surface area (Å²) < 4.78 is 23.5. The summed E-state index contributed by atoms with van der Waals surface area (Å²) in [5, 5.41) is 6.14. The minimum Gasteiger partial charge on any atom is -0.493 e. The van der Waals surface area contributed by atoms with Crippen molar-refractivity contribution >= 4 is 23.6 Å². The van der Waals surface area contributed by atoms with Gasteiger partial charge in [-0.1, -0.05) is 18.2 Å². The molecular formula is C32H40N6O6. The number of rotatable bonds is 6. The Balaban J connectivity index is 1.44. The van der Waals surface area contributed by atoms with E-state index in [9.17, 15) is 9.59 Å². The summed E-state index contributed by atoms with van der Waals surface area (Å²) in [4.78, 5) is 39.4. The van der Waals surface area contributed by atoms with Crippen LogP contribution in [0, 0.1) is 6.92 Å². The fourth-order valence-electron chi connectivity index (χ4n) is 5.41. The van der Waals surface area contributed by atoms with Gasteiger partial charge >= 0.3 is 0 Å². The molecule has 0 unspecified atom stereocenters. The van der Waals surface area contributed by atoms with Crippen molar-refractivity contribution in [3.63, 3.8) is 0 Å². The number of methoxy groups -OCH3 is 2. The number of aryl methyl sites for hydroxylation is 2. The molecule has 1 saturated heterocycles. The Morgan fingerprint density at radius 1 is 1.05 bits per heavy atom. The number of amides is 2. The standard InChI is InChI=1S/C32H40N6O6/c1-21-14-29(36-32(33-2)34-21)38-17-25-28(18-38)43-20-23-6-5-7-24(15-23)44-27-16-22(8-10-26(27)42-4)9-11-31(40)37(12-13-41-3)19-30(39)35-25/h5-8,10,14-16,25,28H,9,11-13,17-20H2,1-4H3,(H,35,39)(H,33,34,36)/t25-,28-/m0/s1. The zero-order chi connectivity index (χ0) is 31.1. The van der Waals surface area contributed by atoms with Crippen LogP contribution >= 0.6 is 0 Å². The molecule has 2 atom stereocenters. The molecule has 0 saturated carbocycles. The van der Waals surface area contributed by atoms with Gasteiger partial charge in [0.2, 0.25) is 17.8 Å². The van der Waals surface area contributed by atoms with Gasteiger partial charge < -0.3 is 39.4 Å². The van der Waals surface area contributed by atoms with E-state index in [2.05, 4.69) is 25.5 Å². The van der Waals surface area contributed by atoms with E-state index < -0.39 is 0 Å². The number of carbonyl (C=O) groups is 2. The fraction of sp³-hybridized carbons (Fsp3) is 0.438. The van der Waals surface area contributed by atoms with Crippen molar-refractivity contribution in [3.8, 4) is 17.2 Å². The highest BCUT2D eigenvalue weighted by atomic mass is 16.5. The first-order chi connectivity index (χ1) is 21.3. The first-order valence-corrected chi connectivity index (χ1v) is 14.7. The molecule has 44 heavy (non-hydrogen) atoms. The summed E-state index contributed by atoms with van der Waals surface area (Å²) in [6.07, 6.45) is 0.364. The number of hydrogen-bond acceptors (Lipinski definition) is 10. The molecule has 3 heterocycles. The number of aromatic nitrogens is 2. The third-order valence-electron chi connectivity index (χ3n) is 7.70. The van der Waals surface area contributed by atoms with Crippen LogP contribution in [0.2, 0.25) is 0 Å². The third-order valence-corrected chi connectivity index (χ3v) is 7.70. The number of nitrogens with zero attached hydrogens (tertiary/aromatic N) is 4. The molecule has 3 aromatic rings. The predicted octanol–water partition coefficient (Wildman–Crippen LogP) is 2.94. The molecule has 1 fully saturated rings. The summed E-state index contributed by atoms with van der Waals surface area (Å²) in [7, 11) is 4.95. The van der Waals surface area contributed by atoms with E-state index in [4.69, 9.17) is 18.9 Å². The first kappa shape index (κ1) is 31.0. The van der Waals surface area contributed by atoms with Gasteiger partial charge in [-0.05, 0) is 48.7 Å². The van der Waals surface area contributed by atoms with Gasteiger partial charge in [-0.25, -0.2) is 4.98 Å². The Morgan fingerprint density at radius 3 is 2.70 bits per heavy atom. The summed E-state index contributed by atoms with van der Waals surface area (Å²) >= 11 is 0. The van der Waals surface area contributed by atoms with Crippen molar-refractivity contribution in [2.75, 3.05) is 64.3 Å². The Morgan fingerprint density at radius 2 is 1.91 bits per heavy atom. The Labute approximate surface area is 257 Å². The number of anilines is 2. The Kier molecular flexibility index (Phi) is 10.1. The summed E-state index contributed by atoms with van der Waals surface area (Å²) in [6.45, 7) is 3.76. The smallest absolute Gasteiger partial charge is 0.239 e. The van der Waals surface area contributed by atoms with Crippen molar-refractivity contribution < 1.29 is 28.5 Å². The zero-order valence-corrected chi connectivity index (χ0v) is 25.7. The lowest BCUT2D eigenvalue weighted by Gasteiger charge is -2.25. The lowest BCUT2D eigenvalue weighted by atomic mass is 10.1. The van der Waals surface area contributed by atoms with E-state index in [0.29, 0.717) is 62.5 Å². The van der Waals surface area contributed by atoms with Crippen LogP contribution in [0.5, 0.6) is 17.2 Å². The van der Waals surface area contributed by atoms with Crippen LogP contribution in [0.25, 0.3) is 0 Å². The minimum atomic E-state index is -0.337. The van der Waals surface area contributed by atoms with Gasteiger partial charge in [0.15, 0.2) is 11.5 Å². The highest BCUT2D eigenvalue weighted by molar-refractivity contribution is 5.85. The Hall–Kier alpha value is -4.42. The van der Waals surface area contributed by atoms with Gasteiger partial charge in [0.05, 0.1) is 39.0 Å². The van der Waals surface area contributed by atoms with E-state index in [0.717, 1.165) is 22.6 Å². The fourth-order valence-corrected chi connectivity index (χ4v) is 5.41. The van der Waals surface area contributed by atoms with Crippen molar-refractivity contribution in [2.45, 2.75) is 38.5 Å². The maximum atomic E-state index is 13.4. The molecular weight excluding hydrogens is 564 g/mol. The van der Waals surface area contributed by atoms with Gasteiger partial charge in [-0.3, -0.25) is 9.59 Å². The van der Waals surface area contributed by atoms with Crippen LogP contribution in [-0.4, -0.2) is 92.9 Å². The molecule has 0 radical (unpaired) electrons. The second-order valence-corrected chi connectivity index (χ2v) is 10.9. The van der Waals surface area contributed by atoms with E-state index >= 15 is 0 Å². The molecule has 0 spiro atoms. The monoisotopic (exact) mass is 604 g/mol. The second-order valence-electron chi connectivity index (χ2n) is 10.9. The maximum Gasteiger partial charge on any atom is 0.239 e. The topological polar surface area (TPSA) is 127 Å². The lowest BCUT2D eigenvalue weighted by molar-refractivity contribution is -0.137. The number of hydrogen-bond donors (Lipinski definition) is 2. The Bertz CT molecular complexity index is 1470. The number of fused-ring (bicyclic) bond motifs is 5. The van der Waals surface area contributed by atoms with E-state index in [1.54, 1.807) is 26.2 Å². The normalized spacial score (nSPS) is 19.4. The average molecular weight is 605 g/mol. The van der Waals surface area contributed by atoms with Gasteiger partial charge in [0, 0.05) is 52.0 Å². The van der Waals surface area contributed by atoms with Crippen LogP contribution in [0.3, 0.4) is 0 Å². The van der Waals surface area contributed by atoms with Gasteiger partial charge in [0.25, 0.3) is 0 Å². The van der Waals surface area contributed by atoms with Crippen LogP contribution in [0.15, 0.2) is 48.5 Å². The summed E-state index contributed by atoms with van der Waals surface area (Å²) in [5.41, 5.74) is 2.67. The molecule has 12 heteroatoms. The zero-order valence-electron chi connectivity index (χ0n) is 25.7. The van der Waals surface area contributed by atoms with Gasteiger partial charge in [-0.15, -0.1) is 0 Å². The average Bonchev–Trinajstić information content (AvgIpc) is 3.42. The van der Waals surface area contributed by atoms with Gasteiger partial charge in [-0.2, -0.15) is 4.98 Å². The maximum absolute atomic E-state index is 13.4.